The number of hydrogen-bond donors (Lipinski definition) is 2. The molecular weight excluding hydrogens is 280 g/mol. The third kappa shape index (κ3) is 4.45. The first kappa shape index (κ1) is 16.3. The smallest absolute Gasteiger partial charge is 0.190 e. The molecule has 2 atom stereocenters. The molecule has 0 saturated carbocycles. The molecule has 0 bridgehead atoms. The number of likely N-dealkylation sites (tertiary alicyclic amines) is 1. The first-order chi connectivity index (χ1) is 10.3. The zero-order valence-electron chi connectivity index (χ0n) is 13.4. The molecule has 0 aliphatic carbocycles. The molecule has 1 aromatic rings. The van der Waals surface area contributed by atoms with Crippen LogP contribution in [0.1, 0.15) is 37.1 Å². The SMILES string of the molecule is CCCNC(=NC)NCC1CCCN(C)C1c1cccs1. The van der Waals surface area contributed by atoms with Crippen molar-refractivity contribution in [2.75, 3.05) is 33.7 Å². The van der Waals surface area contributed by atoms with Crippen molar-refractivity contribution >= 4 is 17.3 Å². The van der Waals surface area contributed by atoms with Crippen LogP contribution >= 0.6 is 11.3 Å². The number of aliphatic imine (C=N–C) groups is 1. The molecule has 1 aliphatic rings. The van der Waals surface area contributed by atoms with E-state index in [1.54, 1.807) is 0 Å². The fourth-order valence-electron chi connectivity index (χ4n) is 3.07. The van der Waals surface area contributed by atoms with Crippen LogP contribution in [0.15, 0.2) is 22.5 Å². The molecular formula is C16H28N4S. The van der Waals surface area contributed by atoms with E-state index in [4.69, 9.17) is 0 Å². The van der Waals surface area contributed by atoms with Gasteiger partial charge in [-0.05, 0) is 50.2 Å². The number of nitrogens with zero attached hydrogens (tertiary/aromatic N) is 2. The maximum Gasteiger partial charge on any atom is 0.190 e. The van der Waals surface area contributed by atoms with Crippen molar-refractivity contribution in [1.82, 2.24) is 15.5 Å². The van der Waals surface area contributed by atoms with Gasteiger partial charge in [0.2, 0.25) is 0 Å². The number of nitrogens with one attached hydrogen (secondary N) is 2. The molecule has 118 valence electrons. The van der Waals surface area contributed by atoms with Crippen LogP contribution < -0.4 is 10.6 Å². The van der Waals surface area contributed by atoms with Gasteiger partial charge in [-0.25, -0.2) is 0 Å². The van der Waals surface area contributed by atoms with Gasteiger partial charge in [-0.2, -0.15) is 0 Å². The molecule has 0 amide bonds. The summed E-state index contributed by atoms with van der Waals surface area (Å²) in [6, 6.07) is 4.97. The minimum Gasteiger partial charge on any atom is -0.356 e. The predicted molar refractivity (Wildman–Crippen MR) is 92.1 cm³/mol. The van der Waals surface area contributed by atoms with Crippen molar-refractivity contribution in [2.45, 2.75) is 32.2 Å². The Morgan fingerprint density at radius 3 is 3.00 bits per heavy atom. The highest BCUT2D eigenvalue weighted by Crippen LogP contribution is 2.36. The molecule has 0 radical (unpaired) electrons. The number of rotatable bonds is 5. The van der Waals surface area contributed by atoms with E-state index in [-0.39, 0.29) is 0 Å². The minimum absolute atomic E-state index is 0.538. The maximum atomic E-state index is 4.30. The molecule has 0 aromatic carbocycles. The molecule has 4 nitrogen and oxygen atoms in total. The van der Waals surface area contributed by atoms with Crippen molar-refractivity contribution in [1.29, 1.82) is 0 Å². The summed E-state index contributed by atoms with van der Waals surface area (Å²) >= 11 is 1.88. The van der Waals surface area contributed by atoms with Crippen LogP contribution in [0.4, 0.5) is 0 Å². The van der Waals surface area contributed by atoms with Crippen molar-refractivity contribution in [3.05, 3.63) is 22.4 Å². The van der Waals surface area contributed by atoms with E-state index in [1.165, 1.54) is 24.3 Å². The summed E-state index contributed by atoms with van der Waals surface area (Å²) < 4.78 is 0. The number of hydrogen-bond acceptors (Lipinski definition) is 3. The van der Waals surface area contributed by atoms with Crippen LogP contribution in [0.25, 0.3) is 0 Å². The molecule has 5 heteroatoms. The van der Waals surface area contributed by atoms with E-state index < -0.39 is 0 Å². The molecule has 2 rings (SSSR count). The second-order valence-corrected chi connectivity index (χ2v) is 6.70. The molecule has 21 heavy (non-hydrogen) atoms. The fourth-order valence-corrected chi connectivity index (χ4v) is 4.06. The topological polar surface area (TPSA) is 39.7 Å². The Morgan fingerprint density at radius 2 is 2.33 bits per heavy atom. The lowest BCUT2D eigenvalue weighted by molar-refractivity contribution is 0.125. The normalized spacial score (nSPS) is 24.0. The summed E-state index contributed by atoms with van der Waals surface area (Å²) in [4.78, 5) is 8.29. The molecule has 1 aromatic heterocycles. The lowest BCUT2D eigenvalue weighted by Crippen LogP contribution is -2.45. The van der Waals surface area contributed by atoms with E-state index in [1.807, 2.05) is 18.4 Å². The Morgan fingerprint density at radius 1 is 1.48 bits per heavy atom. The van der Waals surface area contributed by atoms with Crippen LogP contribution in [-0.4, -0.2) is 44.6 Å². The van der Waals surface area contributed by atoms with Gasteiger partial charge < -0.3 is 10.6 Å². The summed E-state index contributed by atoms with van der Waals surface area (Å²) in [6.07, 6.45) is 3.68. The monoisotopic (exact) mass is 308 g/mol. The largest absolute Gasteiger partial charge is 0.356 e. The fraction of sp³-hybridized carbons (Fsp3) is 0.688. The molecule has 1 saturated heterocycles. The highest BCUT2D eigenvalue weighted by molar-refractivity contribution is 7.10. The minimum atomic E-state index is 0.538. The molecule has 1 fully saturated rings. The van der Waals surface area contributed by atoms with Gasteiger partial charge in [0.1, 0.15) is 0 Å². The van der Waals surface area contributed by atoms with Crippen LogP contribution in [-0.2, 0) is 0 Å². The van der Waals surface area contributed by atoms with Gasteiger partial charge in [-0.1, -0.05) is 13.0 Å². The third-order valence-corrected chi connectivity index (χ3v) is 5.08. The van der Waals surface area contributed by atoms with Gasteiger partial charge in [0, 0.05) is 31.1 Å². The predicted octanol–water partition coefficient (Wildman–Crippen LogP) is 2.71. The highest BCUT2D eigenvalue weighted by atomic mass is 32.1. The lowest BCUT2D eigenvalue weighted by atomic mass is 9.88. The van der Waals surface area contributed by atoms with Crippen molar-refractivity contribution < 1.29 is 0 Å². The summed E-state index contributed by atoms with van der Waals surface area (Å²) in [7, 11) is 4.09. The number of thiophene rings is 1. The van der Waals surface area contributed by atoms with Crippen LogP contribution in [0.5, 0.6) is 0 Å². The van der Waals surface area contributed by atoms with Gasteiger partial charge in [0.05, 0.1) is 0 Å². The molecule has 2 heterocycles. The summed E-state index contributed by atoms with van der Waals surface area (Å²) in [5.74, 6) is 1.57. The van der Waals surface area contributed by atoms with E-state index in [0.29, 0.717) is 12.0 Å². The van der Waals surface area contributed by atoms with Gasteiger partial charge >= 0.3 is 0 Å². The Kier molecular flexibility index (Phi) is 6.51. The second-order valence-electron chi connectivity index (χ2n) is 5.72. The van der Waals surface area contributed by atoms with Crippen LogP contribution in [0.3, 0.4) is 0 Å². The summed E-state index contributed by atoms with van der Waals surface area (Å²) in [5, 5.41) is 9.04. The number of guanidine groups is 1. The van der Waals surface area contributed by atoms with Crippen LogP contribution in [0, 0.1) is 5.92 Å². The Bertz CT molecular complexity index is 429. The van der Waals surface area contributed by atoms with E-state index in [0.717, 1.165) is 25.5 Å². The van der Waals surface area contributed by atoms with Gasteiger partial charge in [0.15, 0.2) is 5.96 Å². The van der Waals surface area contributed by atoms with E-state index >= 15 is 0 Å². The van der Waals surface area contributed by atoms with Crippen molar-refractivity contribution in [3.8, 4) is 0 Å². The third-order valence-electron chi connectivity index (χ3n) is 4.14. The van der Waals surface area contributed by atoms with E-state index in [2.05, 4.69) is 52.0 Å². The van der Waals surface area contributed by atoms with Gasteiger partial charge in [-0.3, -0.25) is 9.89 Å². The first-order valence-electron chi connectivity index (χ1n) is 7.94. The number of piperidine rings is 1. The Hall–Kier alpha value is -1.07. The molecule has 1 aliphatic heterocycles. The average Bonchev–Trinajstić information content (AvgIpc) is 3.01. The second kappa shape index (κ2) is 8.39. The Balaban J connectivity index is 1.96. The lowest BCUT2D eigenvalue weighted by Gasteiger charge is -2.39. The molecule has 2 N–H and O–H groups in total. The summed E-state index contributed by atoms with van der Waals surface area (Å²) in [5.41, 5.74) is 0. The maximum absolute atomic E-state index is 4.30. The van der Waals surface area contributed by atoms with E-state index in [9.17, 15) is 0 Å². The van der Waals surface area contributed by atoms with Crippen LogP contribution in [0.2, 0.25) is 0 Å². The van der Waals surface area contributed by atoms with Gasteiger partial charge in [0.25, 0.3) is 0 Å². The Labute approximate surface area is 132 Å². The standard InChI is InChI=1S/C16H28N4S/c1-4-9-18-16(17-2)19-12-13-7-5-10-20(3)15(13)14-8-6-11-21-14/h6,8,11,13,15H,4-5,7,9-10,12H2,1-3H3,(H2,17,18,19). The quantitative estimate of drug-likeness (QED) is 0.649. The highest BCUT2D eigenvalue weighted by Gasteiger charge is 2.31. The zero-order valence-corrected chi connectivity index (χ0v) is 14.2. The average molecular weight is 308 g/mol. The van der Waals surface area contributed by atoms with Crippen molar-refractivity contribution in [2.24, 2.45) is 10.9 Å². The summed E-state index contributed by atoms with van der Waals surface area (Å²) in [6.45, 7) is 5.32. The van der Waals surface area contributed by atoms with Gasteiger partial charge in [-0.15, -0.1) is 11.3 Å². The molecule has 2 unspecified atom stereocenters. The first-order valence-corrected chi connectivity index (χ1v) is 8.82. The molecule has 0 spiro atoms. The van der Waals surface area contributed by atoms with Crippen molar-refractivity contribution in [3.63, 3.8) is 0 Å². The zero-order chi connectivity index (χ0) is 15.1.